The van der Waals surface area contributed by atoms with E-state index in [2.05, 4.69) is 24.5 Å². The van der Waals surface area contributed by atoms with Crippen LogP contribution in [0.15, 0.2) is 24.3 Å². The third kappa shape index (κ3) is 5.30. The molecule has 1 aromatic carbocycles. The van der Waals surface area contributed by atoms with Gasteiger partial charge in [-0.15, -0.1) is 0 Å². The van der Waals surface area contributed by atoms with Crippen molar-refractivity contribution in [2.75, 3.05) is 23.7 Å². The molecule has 0 heterocycles. The molecule has 1 amide bonds. The Morgan fingerprint density at radius 1 is 1.21 bits per heavy atom. The Morgan fingerprint density at radius 2 is 1.79 bits per heavy atom. The summed E-state index contributed by atoms with van der Waals surface area (Å²) >= 11 is 0. The number of carbonyl (C=O) groups excluding carboxylic acids is 1. The van der Waals surface area contributed by atoms with Crippen LogP contribution in [-0.4, -0.2) is 19.0 Å². The van der Waals surface area contributed by atoms with Gasteiger partial charge in [0, 0.05) is 24.3 Å². The summed E-state index contributed by atoms with van der Waals surface area (Å²) in [6.45, 7) is 7.76. The minimum Gasteiger partial charge on any atom is -0.385 e. The van der Waals surface area contributed by atoms with Crippen LogP contribution in [0.3, 0.4) is 0 Å². The minimum absolute atomic E-state index is 0.0312. The highest BCUT2D eigenvalue weighted by atomic mass is 16.1. The maximum absolute atomic E-state index is 11.3. The van der Waals surface area contributed by atoms with E-state index in [4.69, 9.17) is 5.73 Å². The van der Waals surface area contributed by atoms with E-state index in [1.807, 2.05) is 31.2 Å². The molecule has 1 rings (SSSR count). The van der Waals surface area contributed by atoms with Crippen LogP contribution >= 0.6 is 0 Å². The van der Waals surface area contributed by atoms with Crippen LogP contribution in [0.1, 0.15) is 27.2 Å². The molecule has 0 fully saturated rings. The highest BCUT2D eigenvalue weighted by Crippen LogP contribution is 2.16. The Hall–Kier alpha value is -1.55. The SMILES string of the molecule is CCC(=O)Nc1ccc(NCC(CN)C(C)C)cc1. The lowest BCUT2D eigenvalue weighted by atomic mass is 9.96. The maximum atomic E-state index is 11.3. The van der Waals surface area contributed by atoms with E-state index in [9.17, 15) is 4.79 Å². The molecular weight excluding hydrogens is 238 g/mol. The first-order chi connectivity index (χ1) is 9.06. The zero-order valence-electron chi connectivity index (χ0n) is 12.1. The van der Waals surface area contributed by atoms with Crippen LogP contribution in [-0.2, 0) is 4.79 Å². The average Bonchev–Trinajstić information content (AvgIpc) is 2.40. The number of anilines is 2. The van der Waals surface area contributed by atoms with Crippen LogP contribution in [0.2, 0.25) is 0 Å². The van der Waals surface area contributed by atoms with Gasteiger partial charge in [0.15, 0.2) is 0 Å². The standard InChI is InChI=1S/C15H25N3O/c1-4-15(19)18-14-7-5-13(6-8-14)17-10-12(9-16)11(2)3/h5-8,11-12,17H,4,9-10,16H2,1-3H3,(H,18,19). The lowest BCUT2D eigenvalue weighted by Gasteiger charge is -2.20. The van der Waals surface area contributed by atoms with Gasteiger partial charge < -0.3 is 16.4 Å². The van der Waals surface area contributed by atoms with Crippen LogP contribution in [0.4, 0.5) is 11.4 Å². The largest absolute Gasteiger partial charge is 0.385 e. The second-order valence-corrected chi connectivity index (χ2v) is 5.10. The molecule has 1 atom stereocenters. The number of benzene rings is 1. The van der Waals surface area contributed by atoms with Crippen molar-refractivity contribution < 1.29 is 4.79 Å². The number of amides is 1. The van der Waals surface area contributed by atoms with Gasteiger partial charge in [-0.3, -0.25) is 4.79 Å². The quantitative estimate of drug-likeness (QED) is 0.708. The Balaban J connectivity index is 2.50. The molecule has 1 unspecified atom stereocenters. The second-order valence-electron chi connectivity index (χ2n) is 5.10. The van der Waals surface area contributed by atoms with Crippen LogP contribution in [0.5, 0.6) is 0 Å². The number of rotatable bonds is 7. The number of carbonyl (C=O) groups is 1. The van der Waals surface area contributed by atoms with Crippen molar-refractivity contribution in [3.63, 3.8) is 0 Å². The van der Waals surface area contributed by atoms with Gasteiger partial charge >= 0.3 is 0 Å². The van der Waals surface area contributed by atoms with Crippen molar-refractivity contribution in [3.05, 3.63) is 24.3 Å². The number of nitrogens with one attached hydrogen (secondary N) is 2. The molecule has 0 spiro atoms. The fourth-order valence-electron chi connectivity index (χ4n) is 1.76. The van der Waals surface area contributed by atoms with E-state index in [0.29, 0.717) is 24.8 Å². The molecule has 1 aromatic rings. The molecule has 4 nitrogen and oxygen atoms in total. The summed E-state index contributed by atoms with van der Waals surface area (Å²) < 4.78 is 0. The second kappa shape index (κ2) is 7.79. The molecule has 0 aromatic heterocycles. The first-order valence-electron chi connectivity index (χ1n) is 6.90. The van der Waals surface area contributed by atoms with Gasteiger partial charge in [0.25, 0.3) is 0 Å². The topological polar surface area (TPSA) is 67.2 Å². The normalized spacial score (nSPS) is 12.3. The fourth-order valence-corrected chi connectivity index (χ4v) is 1.76. The van der Waals surface area contributed by atoms with Gasteiger partial charge in [0.1, 0.15) is 0 Å². The van der Waals surface area contributed by atoms with Gasteiger partial charge in [-0.1, -0.05) is 20.8 Å². The predicted molar refractivity (Wildman–Crippen MR) is 81.2 cm³/mol. The molecule has 19 heavy (non-hydrogen) atoms. The summed E-state index contributed by atoms with van der Waals surface area (Å²) in [5.74, 6) is 1.07. The molecule has 0 saturated heterocycles. The van der Waals surface area contributed by atoms with E-state index < -0.39 is 0 Å². The third-order valence-electron chi connectivity index (χ3n) is 3.30. The van der Waals surface area contributed by atoms with Gasteiger partial charge in [0.05, 0.1) is 0 Å². The summed E-state index contributed by atoms with van der Waals surface area (Å²) in [5.41, 5.74) is 7.62. The Bertz CT molecular complexity index is 387. The monoisotopic (exact) mass is 263 g/mol. The maximum Gasteiger partial charge on any atom is 0.224 e. The smallest absolute Gasteiger partial charge is 0.224 e. The molecule has 106 valence electrons. The average molecular weight is 263 g/mol. The van der Waals surface area contributed by atoms with Gasteiger partial charge in [-0.2, -0.15) is 0 Å². The highest BCUT2D eigenvalue weighted by Gasteiger charge is 2.10. The highest BCUT2D eigenvalue weighted by molar-refractivity contribution is 5.90. The Kier molecular flexibility index (Phi) is 6.36. The Labute approximate surface area is 115 Å². The van der Waals surface area contributed by atoms with E-state index in [1.54, 1.807) is 0 Å². The van der Waals surface area contributed by atoms with Gasteiger partial charge in [0.2, 0.25) is 5.91 Å². The molecule has 0 aliphatic heterocycles. The van der Waals surface area contributed by atoms with Crippen molar-refractivity contribution in [3.8, 4) is 0 Å². The van der Waals surface area contributed by atoms with Crippen molar-refractivity contribution in [1.29, 1.82) is 0 Å². The van der Waals surface area contributed by atoms with E-state index in [1.165, 1.54) is 0 Å². The van der Waals surface area contributed by atoms with Gasteiger partial charge in [-0.05, 0) is 42.6 Å². The van der Waals surface area contributed by atoms with E-state index in [-0.39, 0.29) is 5.91 Å². The summed E-state index contributed by atoms with van der Waals surface area (Å²) in [7, 11) is 0. The molecule has 0 radical (unpaired) electrons. The lowest BCUT2D eigenvalue weighted by molar-refractivity contribution is -0.115. The van der Waals surface area contributed by atoms with Crippen molar-refractivity contribution in [2.24, 2.45) is 17.6 Å². The molecular formula is C15H25N3O. The number of hydrogen-bond donors (Lipinski definition) is 3. The van der Waals surface area contributed by atoms with Gasteiger partial charge in [-0.25, -0.2) is 0 Å². The minimum atomic E-state index is 0.0312. The molecule has 0 bridgehead atoms. The summed E-state index contributed by atoms with van der Waals surface area (Å²) in [6.07, 6.45) is 0.493. The lowest BCUT2D eigenvalue weighted by Crippen LogP contribution is -2.27. The summed E-state index contributed by atoms with van der Waals surface area (Å²) in [4.78, 5) is 11.3. The summed E-state index contributed by atoms with van der Waals surface area (Å²) in [5, 5.41) is 6.21. The van der Waals surface area contributed by atoms with E-state index >= 15 is 0 Å². The van der Waals surface area contributed by atoms with Crippen molar-refractivity contribution in [1.82, 2.24) is 0 Å². The molecule has 4 heteroatoms. The first-order valence-corrected chi connectivity index (χ1v) is 6.90. The molecule has 4 N–H and O–H groups in total. The van der Waals surface area contributed by atoms with Crippen LogP contribution in [0, 0.1) is 11.8 Å². The molecule has 0 saturated carbocycles. The molecule has 0 aliphatic carbocycles. The molecule has 0 aliphatic rings. The predicted octanol–water partition coefficient (Wildman–Crippen LogP) is 2.68. The summed E-state index contributed by atoms with van der Waals surface area (Å²) in [6, 6.07) is 7.75. The number of hydrogen-bond acceptors (Lipinski definition) is 3. The van der Waals surface area contributed by atoms with Crippen molar-refractivity contribution >= 4 is 17.3 Å². The Morgan fingerprint density at radius 3 is 2.26 bits per heavy atom. The van der Waals surface area contributed by atoms with E-state index in [0.717, 1.165) is 17.9 Å². The van der Waals surface area contributed by atoms with Crippen LogP contribution in [0.25, 0.3) is 0 Å². The first kappa shape index (κ1) is 15.5. The van der Waals surface area contributed by atoms with Crippen molar-refractivity contribution in [2.45, 2.75) is 27.2 Å². The zero-order valence-corrected chi connectivity index (χ0v) is 12.1. The van der Waals surface area contributed by atoms with Crippen LogP contribution < -0.4 is 16.4 Å². The number of nitrogens with two attached hydrogens (primary N) is 1. The fraction of sp³-hybridized carbons (Fsp3) is 0.533. The zero-order chi connectivity index (χ0) is 14.3. The third-order valence-corrected chi connectivity index (χ3v) is 3.30.